The van der Waals surface area contributed by atoms with Crippen LogP contribution in [-0.2, 0) is 17.5 Å². The number of aromatic nitrogens is 3. The van der Waals surface area contributed by atoms with Gasteiger partial charge in [-0.25, -0.2) is 9.78 Å². The third-order valence-electron chi connectivity index (χ3n) is 5.29. The molecule has 8 nitrogen and oxygen atoms in total. The average molecular weight is 449 g/mol. The summed E-state index contributed by atoms with van der Waals surface area (Å²) < 4.78 is 50.2. The largest absolute Gasteiger partial charge is 0.461 e. The van der Waals surface area contributed by atoms with Crippen molar-refractivity contribution in [2.75, 3.05) is 13.2 Å². The Labute approximate surface area is 181 Å². The van der Waals surface area contributed by atoms with Crippen molar-refractivity contribution in [3.63, 3.8) is 0 Å². The van der Waals surface area contributed by atoms with E-state index in [-0.39, 0.29) is 12.5 Å². The van der Waals surface area contributed by atoms with Gasteiger partial charge in [0.05, 0.1) is 24.4 Å². The van der Waals surface area contributed by atoms with Crippen LogP contribution in [0.4, 0.5) is 18.0 Å². The van der Waals surface area contributed by atoms with Gasteiger partial charge in [-0.2, -0.15) is 13.2 Å². The number of benzene rings is 1. The molecule has 4 rings (SSSR count). The van der Waals surface area contributed by atoms with Crippen molar-refractivity contribution in [2.45, 2.75) is 31.6 Å². The molecule has 0 radical (unpaired) electrons. The molecule has 1 saturated heterocycles. The van der Waals surface area contributed by atoms with Crippen molar-refractivity contribution in [3.8, 4) is 11.6 Å². The average Bonchev–Trinajstić information content (AvgIpc) is 3.48. The lowest BCUT2D eigenvalue weighted by atomic mass is 9.86. The number of halogens is 3. The van der Waals surface area contributed by atoms with Crippen LogP contribution in [0.25, 0.3) is 11.6 Å². The standard InChI is InChI=1S/C21H22F3N5O3/c22-21(23,24)15-4-1-3-14(11-15)18(13-6-9-31-10-7-13)27-20(30)25-12-17-26-19(29-28-17)16-5-2-8-32-16/h1-5,8,11,13,18H,6-7,9-10,12H2,(H2,25,27,30)(H,26,28,29). The van der Waals surface area contributed by atoms with Gasteiger partial charge in [-0.15, -0.1) is 5.10 Å². The first-order valence-electron chi connectivity index (χ1n) is 10.1. The van der Waals surface area contributed by atoms with Crippen LogP contribution in [0.2, 0.25) is 0 Å². The molecule has 0 spiro atoms. The Morgan fingerprint density at radius 1 is 1.22 bits per heavy atom. The van der Waals surface area contributed by atoms with E-state index in [1.807, 2.05) is 0 Å². The summed E-state index contributed by atoms with van der Waals surface area (Å²) in [6, 6.07) is 7.38. The van der Waals surface area contributed by atoms with Crippen LogP contribution in [0.15, 0.2) is 47.1 Å². The number of H-pyrrole nitrogens is 1. The Morgan fingerprint density at radius 3 is 2.75 bits per heavy atom. The molecular weight excluding hydrogens is 427 g/mol. The Balaban J connectivity index is 1.44. The molecule has 3 aromatic rings. The highest BCUT2D eigenvalue weighted by Gasteiger charge is 2.33. The van der Waals surface area contributed by atoms with E-state index in [0.29, 0.717) is 49.0 Å². The number of urea groups is 1. The Kier molecular flexibility index (Phi) is 6.45. The molecule has 3 heterocycles. The molecule has 0 saturated carbocycles. The molecule has 11 heteroatoms. The summed E-state index contributed by atoms with van der Waals surface area (Å²) in [5.41, 5.74) is -0.344. The number of hydrogen-bond acceptors (Lipinski definition) is 5. The maximum atomic E-state index is 13.2. The van der Waals surface area contributed by atoms with Gasteiger partial charge in [-0.3, -0.25) is 5.10 Å². The summed E-state index contributed by atoms with van der Waals surface area (Å²) in [7, 11) is 0. The molecule has 1 aromatic carbocycles. The molecule has 3 N–H and O–H groups in total. The highest BCUT2D eigenvalue weighted by Crippen LogP contribution is 2.34. The van der Waals surface area contributed by atoms with Crippen LogP contribution in [0.1, 0.15) is 35.8 Å². The highest BCUT2D eigenvalue weighted by atomic mass is 19.4. The van der Waals surface area contributed by atoms with E-state index >= 15 is 0 Å². The number of nitrogens with one attached hydrogen (secondary N) is 3. The second-order valence-corrected chi connectivity index (χ2v) is 7.46. The van der Waals surface area contributed by atoms with E-state index in [9.17, 15) is 18.0 Å². The lowest BCUT2D eigenvalue weighted by molar-refractivity contribution is -0.137. The summed E-state index contributed by atoms with van der Waals surface area (Å²) in [5, 5.41) is 12.3. The SMILES string of the molecule is O=C(NCc1nc(-c2ccco2)n[nH]1)NC(c1cccc(C(F)(F)F)c1)C1CCOCC1. The number of alkyl halides is 3. The van der Waals surface area contributed by atoms with Gasteiger partial charge in [-0.05, 0) is 48.6 Å². The Morgan fingerprint density at radius 2 is 2.03 bits per heavy atom. The van der Waals surface area contributed by atoms with Gasteiger partial charge in [0.2, 0.25) is 5.82 Å². The summed E-state index contributed by atoms with van der Waals surface area (Å²) in [6.45, 7) is 1.05. The minimum Gasteiger partial charge on any atom is -0.461 e. The van der Waals surface area contributed by atoms with Gasteiger partial charge in [0.1, 0.15) is 5.82 Å². The number of carbonyl (C=O) groups excluding carboxylic acids is 1. The van der Waals surface area contributed by atoms with Crippen molar-refractivity contribution in [1.29, 1.82) is 0 Å². The zero-order chi connectivity index (χ0) is 22.6. The van der Waals surface area contributed by atoms with Gasteiger partial charge in [-0.1, -0.05) is 12.1 Å². The minimum atomic E-state index is -4.46. The molecule has 170 valence electrons. The Bertz CT molecular complexity index is 1030. The second kappa shape index (κ2) is 9.43. The normalized spacial score (nSPS) is 16.0. The van der Waals surface area contributed by atoms with Crippen LogP contribution in [0, 0.1) is 5.92 Å². The maximum absolute atomic E-state index is 13.2. The molecule has 1 unspecified atom stereocenters. The fourth-order valence-electron chi connectivity index (χ4n) is 3.68. The number of aromatic amines is 1. The van der Waals surface area contributed by atoms with E-state index in [0.717, 1.165) is 12.1 Å². The summed E-state index contributed by atoms with van der Waals surface area (Å²) in [4.78, 5) is 16.8. The lowest BCUT2D eigenvalue weighted by Gasteiger charge is -2.31. The summed E-state index contributed by atoms with van der Waals surface area (Å²) in [5.74, 6) is 1.21. The minimum absolute atomic E-state index is 0.0474. The first-order valence-corrected chi connectivity index (χ1v) is 10.1. The van der Waals surface area contributed by atoms with Gasteiger partial charge in [0, 0.05) is 13.2 Å². The molecule has 1 fully saturated rings. The molecule has 1 aliphatic heterocycles. The van der Waals surface area contributed by atoms with Crippen LogP contribution < -0.4 is 10.6 Å². The predicted molar refractivity (Wildman–Crippen MR) is 107 cm³/mol. The van der Waals surface area contributed by atoms with Gasteiger partial charge >= 0.3 is 12.2 Å². The summed E-state index contributed by atoms with van der Waals surface area (Å²) in [6.07, 6.45) is -1.69. The van der Waals surface area contributed by atoms with Gasteiger partial charge in [0.25, 0.3) is 0 Å². The van der Waals surface area contributed by atoms with Crippen LogP contribution in [-0.4, -0.2) is 34.4 Å². The number of nitrogens with zero attached hydrogens (tertiary/aromatic N) is 2. The number of amides is 2. The molecule has 2 aromatic heterocycles. The quantitative estimate of drug-likeness (QED) is 0.527. The number of rotatable bonds is 6. The van der Waals surface area contributed by atoms with Crippen LogP contribution >= 0.6 is 0 Å². The smallest absolute Gasteiger partial charge is 0.416 e. The van der Waals surface area contributed by atoms with E-state index in [1.54, 1.807) is 18.2 Å². The zero-order valence-corrected chi connectivity index (χ0v) is 17.0. The van der Waals surface area contributed by atoms with E-state index in [1.165, 1.54) is 12.3 Å². The van der Waals surface area contributed by atoms with E-state index < -0.39 is 23.8 Å². The third-order valence-corrected chi connectivity index (χ3v) is 5.29. The van der Waals surface area contributed by atoms with E-state index in [2.05, 4.69) is 25.8 Å². The molecule has 1 atom stereocenters. The maximum Gasteiger partial charge on any atom is 0.416 e. The zero-order valence-electron chi connectivity index (χ0n) is 17.0. The van der Waals surface area contributed by atoms with Crippen molar-refractivity contribution in [2.24, 2.45) is 5.92 Å². The van der Waals surface area contributed by atoms with Crippen LogP contribution in [0.5, 0.6) is 0 Å². The second-order valence-electron chi connectivity index (χ2n) is 7.46. The summed E-state index contributed by atoms with van der Waals surface area (Å²) >= 11 is 0. The van der Waals surface area contributed by atoms with E-state index in [4.69, 9.17) is 9.15 Å². The fourth-order valence-corrected chi connectivity index (χ4v) is 3.68. The first kappa shape index (κ1) is 21.9. The number of carbonyl (C=O) groups is 1. The molecular formula is C21H22F3N5O3. The fraction of sp³-hybridized carbons (Fsp3) is 0.381. The topological polar surface area (TPSA) is 105 Å². The van der Waals surface area contributed by atoms with Crippen LogP contribution in [0.3, 0.4) is 0 Å². The molecule has 1 aliphatic rings. The first-order chi connectivity index (χ1) is 15.4. The molecule has 32 heavy (non-hydrogen) atoms. The van der Waals surface area contributed by atoms with Crippen molar-refractivity contribution in [3.05, 3.63) is 59.6 Å². The predicted octanol–water partition coefficient (Wildman–Crippen LogP) is 4.05. The number of furan rings is 1. The monoisotopic (exact) mass is 449 g/mol. The molecule has 0 bridgehead atoms. The van der Waals surface area contributed by atoms with Crippen molar-refractivity contribution < 1.29 is 27.1 Å². The lowest BCUT2D eigenvalue weighted by Crippen LogP contribution is -2.41. The number of hydrogen-bond donors (Lipinski definition) is 3. The van der Waals surface area contributed by atoms with Gasteiger partial charge < -0.3 is 19.8 Å². The molecule has 2 amide bonds. The van der Waals surface area contributed by atoms with Crippen molar-refractivity contribution >= 4 is 6.03 Å². The van der Waals surface area contributed by atoms with Crippen molar-refractivity contribution in [1.82, 2.24) is 25.8 Å². The van der Waals surface area contributed by atoms with Gasteiger partial charge in [0.15, 0.2) is 5.76 Å². The third kappa shape index (κ3) is 5.28. The number of ether oxygens (including phenoxy) is 1. The Hall–Kier alpha value is -3.34. The molecule has 0 aliphatic carbocycles. The highest BCUT2D eigenvalue weighted by molar-refractivity contribution is 5.74.